The Balaban J connectivity index is 1.96. The molecule has 0 spiro atoms. The maximum atomic E-state index is 12.4. The zero-order valence-electron chi connectivity index (χ0n) is 16.8. The molecule has 0 saturated heterocycles. The quantitative estimate of drug-likeness (QED) is 0.525. The fourth-order valence-corrected chi connectivity index (χ4v) is 2.58. The summed E-state index contributed by atoms with van der Waals surface area (Å²) in [6, 6.07) is 13.0. The van der Waals surface area contributed by atoms with Crippen LogP contribution >= 0.6 is 0 Å². The predicted octanol–water partition coefficient (Wildman–Crippen LogP) is 4.57. The average molecular weight is 383 g/mol. The van der Waals surface area contributed by atoms with E-state index in [4.69, 9.17) is 4.74 Å². The molecule has 6 heteroatoms. The largest absolute Gasteiger partial charge is 0.491 e. The van der Waals surface area contributed by atoms with Gasteiger partial charge in [-0.1, -0.05) is 38.5 Å². The second kappa shape index (κ2) is 11.0. The summed E-state index contributed by atoms with van der Waals surface area (Å²) in [5, 5.41) is 8.86. The lowest BCUT2D eigenvalue weighted by molar-refractivity contribution is -0.116. The zero-order chi connectivity index (χ0) is 20.4. The van der Waals surface area contributed by atoms with Crippen LogP contribution in [0, 0.1) is 6.92 Å². The van der Waals surface area contributed by atoms with Crippen LogP contribution in [0.1, 0.15) is 38.7 Å². The third-order valence-corrected chi connectivity index (χ3v) is 4.28. The minimum atomic E-state index is -0.176. The molecule has 150 valence electrons. The van der Waals surface area contributed by atoms with Crippen LogP contribution in [0.25, 0.3) is 0 Å². The number of nitrogens with one attached hydrogen (secondary N) is 3. The minimum Gasteiger partial charge on any atom is -0.491 e. The van der Waals surface area contributed by atoms with Crippen LogP contribution in [0.2, 0.25) is 0 Å². The molecule has 0 aromatic heterocycles. The zero-order valence-corrected chi connectivity index (χ0v) is 16.8. The van der Waals surface area contributed by atoms with Gasteiger partial charge >= 0.3 is 0 Å². The first-order valence-electron chi connectivity index (χ1n) is 9.70. The Morgan fingerprint density at radius 3 is 2.21 bits per heavy atom. The van der Waals surface area contributed by atoms with Gasteiger partial charge in [-0.2, -0.15) is 0 Å². The first-order valence-corrected chi connectivity index (χ1v) is 9.70. The molecule has 2 aromatic rings. The molecule has 0 radical (unpaired) electrons. The lowest BCUT2D eigenvalue weighted by atomic mass is 10.1. The molecule has 6 nitrogen and oxygen atoms in total. The fraction of sp³-hybridized carbons (Fsp3) is 0.364. The Morgan fingerprint density at radius 2 is 1.54 bits per heavy atom. The monoisotopic (exact) mass is 383 g/mol. The predicted molar refractivity (Wildman–Crippen MR) is 114 cm³/mol. The number of carbonyl (C=O) groups excluding carboxylic acids is 2. The highest BCUT2D eigenvalue weighted by Gasteiger charge is 2.10. The standard InChI is InChI=1S/C22H29N3O3/c1-4-6-14-28-20-13-8-7-10-19(20)23-15-22(27)25-18-12-9-11-17(16(18)3)24-21(26)5-2/h7-13,23H,4-6,14-15H2,1-3H3,(H,24,26)(H,25,27). The number of benzene rings is 2. The van der Waals surface area contributed by atoms with E-state index in [0.717, 1.165) is 29.8 Å². The summed E-state index contributed by atoms with van der Waals surface area (Å²) in [5.74, 6) is 0.502. The molecule has 0 saturated carbocycles. The molecule has 28 heavy (non-hydrogen) atoms. The van der Waals surface area contributed by atoms with Crippen LogP contribution in [0.3, 0.4) is 0 Å². The van der Waals surface area contributed by atoms with Gasteiger partial charge < -0.3 is 20.7 Å². The van der Waals surface area contributed by atoms with Crippen LogP contribution in [-0.4, -0.2) is 25.0 Å². The van der Waals surface area contributed by atoms with E-state index in [-0.39, 0.29) is 18.4 Å². The van der Waals surface area contributed by atoms with E-state index in [1.807, 2.05) is 43.3 Å². The summed E-state index contributed by atoms with van der Waals surface area (Å²) in [6.45, 7) is 6.54. The topological polar surface area (TPSA) is 79.5 Å². The van der Waals surface area contributed by atoms with Crippen molar-refractivity contribution in [2.24, 2.45) is 0 Å². The molecule has 0 bridgehead atoms. The van der Waals surface area contributed by atoms with Gasteiger partial charge in [0, 0.05) is 17.8 Å². The van der Waals surface area contributed by atoms with Crippen LogP contribution in [0.4, 0.5) is 17.1 Å². The van der Waals surface area contributed by atoms with Crippen LogP contribution < -0.4 is 20.7 Å². The summed E-state index contributed by atoms with van der Waals surface area (Å²) in [7, 11) is 0. The SMILES string of the molecule is CCCCOc1ccccc1NCC(=O)Nc1cccc(NC(=O)CC)c1C. The van der Waals surface area contributed by atoms with Gasteiger partial charge in [-0.25, -0.2) is 0 Å². The molecule has 2 amide bonds. The number of para-hydroxylation sites is 2. The van der Waals surface area contributed by atoms with Gasteiger partial charge in [0.15, 0.2) is 0 Å². The second-order valence-electron chi connectivity index (χ2n) is 6.48. The Bertz CT molecular complexity index is 805. The van der Waals surface area contributed by atoms with Crippen molar-refractivity contribution in [2.45, 2.75) is 40.0 Å². The van der Waals surface area contributed by atoms with Crippen molar-refractivity contribution in [2.75, 3.05) is 29.1 Å². The molecule has 2 aromatic carbocycles. The summed E-state index contributed by atoms with van der Waals surface area (Å²) >= 11 is 0. The Labute approximate surface area is 166 Å². The molecule has 2 rings (SSSR count). The van der Waals surface area contributed by atoms with Crippen molar-refractivity contribution in [3.8, 4) is 5.75 Å². The number of ether oxygens (including phenoxy) is 1. The number of hydrogen-bond acceptors (Lipinski definition) is 4. The maximum absolute atomic E-state index is 12.4. The van der Waals surface area contributed by atoms with Crippen LogP contribution in [-0.2, 0) is 9.59 Å². The van der Waals surface area contributed by atoms with E-state index in [1.54, 1.807) is 13.0 Å². The van der Waals surface area contributed by atoms with Gasteiger partial charge in [0.25, 0.3) is 0 Å². The van der Waals surface area contributed by atoms with Crippen molar-refractivity contribution in [1.29, 1.82) is 0 Å². The van der Waals surface area contributed by atoms with Gasteiger partial charge in [-0.3, -0.25) is 9.59 Å². The van der Waals surface area contributed by atoms with E-state index < -0.39 is 0 Å². The highest BCUT2D eigenvalue weighted by Crippen LogP contribution is 2.25. The van der Waals surface area contributed by atoms with Crippen molar-refractivity contribution in [3.63, 3.8) is 0 Å². The number of hydrogen-bond donors (Lipinski definition) is 3. The average Bonchev–Trinajstić information content (AvgIpc) is 2.70. The Kier molecular flexibility index (Phi) is 8.34. The number of carbonyl (C=O) groups is 2. The molecule has 0 aliphatic carbocycles. The third-order valence-electron chi connectivity index (χ3n) is 4.28. The van der Waals surface area contributed by atoms with Gasteiger partial charge in [0.1, 0.15) is 5.75 Å². The van der Waals surface area contributed by atoms with Crippen LogP contribution in [0.5, 0.6) is 5.75 Å². The molecular formula is C22H29N3O3. The molecule has 3 N–H and O–H groups in total. The van der Waals surface area contributed by atoms with Crippen LogP contribution in [0.15, 0.2) is 42.5 Å². The normalized spacial score (nSPS) is 10.2. The lowest BCUT2D eigenvalue weighted by Crippen LogP contribution is -2.22. The van der Waals surface area contributed by atoms with Crippen molar-refractivity contribution < 1.29 is 14.3 Å². The van der Waals surface area contributed by atoms with Crippen molar-refractivity contribution in [3.05, 3.63) is 48.0 Å². The number of anilines is 3. The molecule has 0 fully saturated rings. The molecule has 0 aliphatic heterocycles. The van der Waals surface area contributed by atoms with E-state index >= 15 is 0 Å². The summed E-state index contributed by atoms with van der Waals surface area (Å²) < 4.78 is 5.78. The first-order chi connectivity index (χ1) is 13.5. The van der Waals surface area contributed by atoms with Crippen molar-refractivity contribution >= 4 is 28.9 Å². The highest BCUT2D eigenvalue weighted by atomic mass is 16.5. The molecule has 0 atom stereocenters. The van der Waals surface area contributed by atoms with Gasteiger partial charge in [0.05, 0.1) is 18.8 Å². The van der Waals surface area contributed by atoms with E-state index in [1.165, 1.54) is 0 Å². The number of rotatable bonds is 10. The third kappa shape index (κ3) is 6.30. The summed E-state index contributed by atoms with van der Waals surface area (Å²) in [4.78, 5) is 24.0. The molecule has 0 heterocycles. The van der Waals surface area contributed by atoms with Gasteiger partial charge in [-0.05, 0) is 43.2 Å². The summed E-state index contributed by atoms with van der Waals surface area (Å²) in [5.41, 5.74) is 2.98. The fourth-order valence-electron chi connectivity index (χ4n) is 2.58. The van der Waals surface area contributed by atoms with E-state index in [9.17, 15) is 9.59 Å². The Morgan fingerprint density at radius 1 is 0.893 bits per heavy atom. The lowest BCUT2D eigenvalue weighted by Gasteiger charge is -2.15. The number of unbranched alkanes of at least 4 members (excludes halogenated alkanes) is 1. The van der Waals surface area contributed by atoms with Crippen molar-refractivity contribution in [1.82, 2.24) is 0 Å². The maximum Gasteiger partial charge on any atom is 0.243 e. The smallest absolute Gasteiger partial charge is 0.243 e. The van der Waals surface area contributed by atoms with Gasteiger partial charge in [-0.15, -0.1) is 0 Å². The summed E-state index contributed by atoms with van der Waals surface area (Å²) in [6.07, 6.45) is 2.45. The Hall–Kier alpha value is -3.02. The second-order valence-corrected chi connectivity index (χ2v) is 6.48. The first kappa shape index (κ1) is 21.3. The van der Waals surface area contributed by atoms with E-state index in [2.05, 4.69) is 22.9 Å². The van der Waals surface area contributed by atoms with E-state index in [0.29, 0.717) is 24.4 Å². The number of amides is 2. The molecule has 0 unspecified atom stereocenters. The minimum absolute atomic E-state index is 0.0621. The van der Waals surface area contributed by atoms with Gasteiger partial charge in [0.2, 0.25) is 11.8 Å². The molecular weight excluding hydrogens is 354 g/mol. The molecule has 0 aliphatic rings. The highest BCUT2D eigenvalue weighted by molar-refractivity contribution is 5.97.